The van der Waals surface area contributed by atoms with E-state index in [0.717, 1.165) is 17.1 Å². The number of thiazole rings is 1. The minimum absolute atomic E-state index is 0.316. The Hall–Kier alpha value is -1.19. The zero-order valence-corrected chi connectivity index (χ0v) is 12.3. The molecule has 0 radical (unpaired) electrons. The SMILES string of the molecule is CCc1nc(-c2ccccc2C)sc1C(C)(C)N. The molecule has 0 bridgehead atoms. The van der Waals surface area contributed by atoms with E-state index < -0.39 is 0 Å². The number of rotatable bonds is 3. The molecule has 2 rings (SSSR count). The monoisotopic (exact) mass is 260 g/mol. The molecule has 0 saturated carbocycles. The number of aromatic nitrogens is 1. The van der Waals surface area contributed by atoms with Crippen molar-refractivity contribution in [2.45, 2.75) is 39.7 Å². The lowest BCUT2D eigenvalue weighted by atomic mass is 10.0. The minimum atomic E-state index is -0.316. The van der Waals surface area contributed by atoms with Crippen LogP contribution in [0.5, 0.6) is 0 Å². The largest absolute Gasteiger partial charge is 0.321 e. The molecule has 0 aliphatic rings. The summed E-state index contributed by atoms with van der Waals surface area (Å²) >= 11 is 1.72. The molecular weight excluding hydrogens is 240 g/mol. The highest BCUT2D eigenvalue weighted by molar-refractivity contribution is 7.15. The third kappa shape index (κ3) is 2.47. The number of nitrogens with two attached hydrogens (primary N) is 1. The van der Waals surface area contributed by atoms with Crippen LogP contribution in [0.15, 0.2) is 24.3 Å². The molecule has 0 atom stereocenters. The standard InChI is InChI=1S/C15H20N2S/c1-5-12-13(15(3,4)16)18-14(17-12)11-9-7-6-8-10(11)2/h6-9H,5,16H2,1-4H3. The van der Waals surface area contributed by atoms with Crippen molar-refractivity contribution in [3.05, 3.63) is 40.4 Å². The van der Waals surface area contributed by atoms with E-state index in [4.69, 9.17) is 10.7 Å². The topological polar surface area (TPSA) is 38.9 Å². The van der Waals surface area contributed by atoms with Crippen molar-refractivity contribution in [2.75, 3.05) is 0 Å². The van der Waals surface area contributed by atoms with Crippen molar-refractivity contribution in [1.82, 2.24) is 4.98 Å². The number of hydrogen-bond donors (Lipinski definition) is 1. The van der Waals surface area contributed by atoms with Crippen LogP contribution >= 0.6 is 11.3 Å². The Morgan fingerprint density at radius 2 is 1.94 bits per heavy atom. The van der Waals surface area contributed by atoms with Gasteiger partial charge >= 0.3 is 0 Å². The van der Waals surface area contributed by atoms with Gasteiger partial charge in [0.1, 0.15) is 5.01 Å². The van der Waals surface area contributed by atoms with Crippen LogP contribution in [0.1, 0.15) is 36.9 Å². The lowest BCUT2D eigenvalue weighted by Crippen LogP contribution is -2.28. The Balaban J connectivity index is 2.55. The summed E-state index contributed by atoms with van der Waals surface area (Å²) in [6, 6.07) is 8.36. The normalized spacial score (nSPS) is 11.8. The van der Waals surface area contributed by atoms with Gasteiger partial charge in [-0.2, -0.15) is 0 Å². The van der Waals surface area contributed by atoms with Crippen LogP contribution in [0.4, 0.5) is 0 Å². The van der Waals surface area contributed by atoms with Gasteiger partial charge in [-0.05, 0) is 32.8 Å². The fourth-order valence-electron chi connectivity index (χ4n) is 2.02. The molecule has 0 aliphatic heterocycles. The molecule has 0 unspecified atom stereocenters. The molecule has 2 nitrogen and oxygen atoms in total. The summed E-state index contributed by atoms with van der Waals surface area (Å²) in [5.74, 6) is 0. The Morgan fingerprint density at radius 1 is 1.28 bits per heavy atom. The Labute approximate surface area is 113 Å². The maximum Gasteiger partial charge on any atom is 0.124 e. The summed E-state index contributed by atoms with van der Waals surface area (Å²) in [6.45, 7) is 8.34. The average Bonchev–Trinajstić information content (AvgIpc) is 2.73. The highest BCUT2D eigenvalue weighted by atomic mass is 32.1. The van der Waals surface area contributed by atoms with E-state index in [1.807, 2.05) is 13.8 Å². The van der Waals surface area contributed by atoms with Crippen molar-refractivity contribution in [2.24, 2.45) is 5.73 Å². The summed E-state index contributed by atoms with van der Waals surface area (Å²) in [7, 11) is 0. The van der Waals surface area contributed by atoms with Gasteiger partial charge in [-0.1, -0.05) is 31.2 Å². The summed E-state index contributed by atoms with van der Waals surface area (Å²) in [6.07, 6.45) is 0.929. The van der Waals surface area contributed by atoms with Crippen molar-refractivity contribution < 1.29 is 0 Å². The first kappa shape index (κ1) is 13.2. The third-order valence-corrected chi connectivity index (χ3v) is 4.46. The number of aryl methyl sites for hydroxylation is 2. The van der Waals surface area contributed by atoms with Crippen LogP contribution in [0.25, 0.3) is 10.6 Å². The van der Waals surface area contributed by atoms with Gasteiger partial charge in [0.2, 0.25) is 0 Å². The second-order valence-corrected chi connectivity index (χ2v) is 6.18. The lowest BCUT2D eigenvalue weighted by molar-refractivity contribution is 0.559. The van der Waals surface area contributed by atoms with Gasteiger partial charge in [0, 0.05) is 16.0 Å². The van der Waals surface area contributed by atoms with Gasteiger partial charge in [0.25, 0.3) is 0 Å². The molecule has 18 heavy (non-hydrogen) atoms. The number of nitrogens with zero attached hydrogens (tertiary/aromatic N) is 1. The fourth-order valence-corrected chi connectivity index (χ4v) is 3.28. The molecule has 1 aromatic heterocycles. The summed E-state index contributed by atoms with van der Waals surface area (Å²) in [4.78, 5) is 5.96. The van der Waals surface area contributed by atoms with E-state index in [2.05, 4.69) is 38.1 Å². The summed E-state index contributed by atoms with van der Waals surface area (Å²) in [5, 5.41) is 1.08. The van der Waals surface area contributed by atoms with E-state index in [1.165, 1.54) is 16.0 Å². The molecule has 1 aromatic carbocycles. The van der Waals surface area contributed by atoms with Crippen molar-refractivity contribution in [3.63, 3.8) is 0 Å². The smallest absolute Gasteiger partial charge is 0.124 e. The van der Waals surface area contributed by atoms with Gasteiger partial charge in [-0.3, -0.25) is 0 Å². The first-order chi connectivity index (χ1) is 8.43. The quantitative estimate of drug-likeness (QED) is 0.909. The maximum absolute atomic E-state index is 6.23. The highest BCUT2D eigenvalue weighted by Crippen LogP contribution is 2.35. The van der Waals surface area contributed by atoms with Crippen molar-refractivity contribution in [3.8, 4) is 10.6 Å². The predicted octanol–water partition coefficient (Wildman–Crippen LogP) is 3.87. The molecule has 96 valence electrons. The van der Waals surface area contributed by atoms with Crippen LogP contribution in [0.3, 0.4) is 0 Å². The highest BCUT2D eigenvalue weighted by Gasteiger charge is 2.23. The Kier molecular flexibility index (Phi) is 3.55. The van der Waals surface area contributed by atoms with Gasteiger partial charge in [0.05, 0.1) is 5.69 Å². The van der Waals surface area contributed by atoms with Gasteiger partial charge in [0.15, 0.2) is 0 Å². The van der Waals surface area contributed by atoms with Gasteiger partial charge in [-0.25, -0.2) is 4.98 Å². The maximum atomic E-state index is 6.23. The van der Waals surface area contributed by atoms with Crippen LogP contribution < -0.4 is 5.73 Å². The Morgan fingerprint density at radius 3 is 2.44 bits per heavy atom. The summed E-state index contributed by atoms with van der Waals surface area (Å²) in [5.41, 5.74) is 9.52. The molecule has 1 heterocycles. The summed E-state index contributed by atoms with van der Waals surface area (Å²) < 4.78 is 0. The van der Waals surface area contributed by atoms with E-state index in [-0.39, 0.29) is 5.54 Å². The van der Waals surface area contributed by atoms with E-state index in [0.29, 0.717) is 0 Å². The molecule has 2 aromatic rings. The molecular formula is C15H20N2S. The minimum Gasteiger partial charge on any atom is -0.321 e. The zero-order valence-electron chi connectivity index (χ0n) is 11.4. The molecule has 0 amide bonds. The van der Waals surface area contributed by atoms with Crippen LogP contribution in [0.2, 0.25) is 0 Å². The second-order valence-electron chi connectivity index (χ2n) is 5.18. The number of benzene rings is 1. The molecule has 3 heteroatoms. The molecule has 0 saturated heterocycles. The van der Waals surface area contributed by atoms with Gasteiger partial charge in [-0.15, -0.1) is 11.3 Å². The predicted molar refractivity (Wildman–Crippen MR) is 78.9 cm³/mol. The molecule has 0 spiro atoms. The van der Waals surface area contributed by atoms with E-state index in [1.54, 1.807) is 11.3 Å². The number of hydrogen-bond acceptors (Lipinski definition) is 3. The zero-order chi connectivity index (χ0) is 13.3. The Bertz CT molecular complexity index is 550. The average molecular weight is 260 g/mol. The van der Waals surface area contributed by atoms with Crippen molar-refractivity contribution in [1.29, 1.82) is 0 Å². The molecule has 0 fully saturated rings. The van der Waals surface area contributed by atoms with Crippen LogP contribution in [-0.4, -0.2) is 4.98 Å². The van der Waals surface area contributed by atoms with Crippen molar-refractivity contribution >= 4 is 11.3 Å². The third-order valence-electron chi connectivity index (χ3n) is 2.99. The van der Waals surface area contributed by atoms with E-state index in [9.17, 15) is 0 Å². The van der Waals surface area contributed by atoms with Gasteiger partial charge < -0.3 is 5.73 Å². The van der Waals surface area contributed by atoms with Crippen LogP contribution in [0, 0.1) is 6.92 Å². The first-order valence-corrected chi connectivity index (χ1v) is 7.10. The fraction of sp³-hybridized carbons (Fsp3) is 0.400. The first-order valence-electron chi connectivity index (χ1n) is 6.28. The van der Waals surface area contributed by atoms with Crippen LogP contribution in [-0.2, 0) is 12.0 Å². The second kappa shape index (κ2) is 4.82. The molecule has 2 N–H and O–H groups in total. The molecule has 0 aliphatic carbocycles. The van der Waals surface area contributed by atoms with E-state index >= 15 is 0 Å². The lowest BCUT2D eigenvalue weighted by Gasteiger charge is -2.17.